The van der Waals surface area contributed by atoms with Crippen LogP contribution in [0.3, 0.4) is 0 Å². The van der Waals surface area contributed by atoms with E-state index in [-0.39, 0.29) is 163 Å². The normalized spacial score (nSPS) is 12.0. The zero-order valence-corrected chi connectivity index (χ0v) is 56.4. The molecule has 0 spiro atoms. The summed E-state index contributed by atoms with van der Waals surface area (Å²) in [6.45, 7) is -5.43. The lowest BCUT2D eigenvalue weighted by molar-refractivity contribution is -0.235. The lowest BCUT2D eigenvalue weighted by atomic mass is 9.78. The molecule has 31 nitrogen and oxygen atoms in total. The monoisotopic (exact) mass is 1450 g/mol. The van der Waals surface area contributed by atoms with Crippen LogP contribution in [0.15, 0.2) is 0 Å². The Balaban J connectivity index is 6.96. The van der Waals surface area contributed by atoms with Crippen LogP contribution >= 0.6 is 0 Å². The highest BCUT2D eigenvalue weighted by Gasteiger charge is 2.54. The van der Waals surface area contributed by atoms with Gasteiger partial charge in [-0.25, -0.2) is 0 Å². The third-order valence-corrected chi connectivity index (χ3v) is 12.4. The fourth-order valence-electron chi connectivity index (χ4n) is 7.99. The van der Waals surface area contributed by atoms with Crippen molar-refractivity contribution in [3.63, 3.8) is 0 Å². The fourth-order valence-corrected chi connectivity index (χ4v) is 7.99. The predicted molar refractivity (Wildman–Crippen MR) is 324 cm³/mol. The number of rotatable bonds is 67. The van der Waals surface area contributed by atoms with Crippen LogP contribution in [0.1, 0.15) is 19.3 Å². The van der Waals surface area contributed by atoms with Crippen molar-refractivity contribution in [2.24, 2.45) is 5.41 Å². The number of ether oxygens (including phenoxy) is 17. The summed E-state index contributed by atoms with van der Waals surface area (Å²) in [4.78, 5) is 98.1. The summed E-state index contributed by atoms with van der Waals surface area (Å²) in [5, 5.41) is 9.86. The van der Waals surface area contributed by atoms with Gasteiger partial charge in [0.05, 0.1) is 211 Å². The van der Waals surface area contributed by atoms with E-state index in [1.807, 2.05) is 0 Å². The van der Waals surface area contributed by atoms with Crippen LogP contribution in [0.4, 0.5) is 39.5 Å². The summed E-state index contributed by atoms with van der Waals surface area (Å²) in [7, 11) is 6.07. The number of carbonyl (C=O) groups is 7. The number of hydrogen-bond acceptors (Lipinski definition) is 24. The van der Waals surface area contributed by atoms with Crippen LogP contribution in [0.25, 0.3) is 0 Å². The molecule has 0 fully saturated rings. The molecule has 4 N–H and O–H groups in total. The summed E-state index contributed by atoms with van der Waals surface area (Å²) >= 11 is 0. The Morgan fingerprint density at radius 1 is 0.265 bits per heavy atom. The van der Waals surface area contributed by atoms with Gasteiger partial charge in [0, 0.05) is 60.0 Å². The smallest absolute Gasteiger partial charge is 0.382 e. The van der Waals surface area contributed by atoms with Crippen molar-refractivity contribution in [2.45, 2.75) is 37.8 Å². The number of methoxy groups -OCH3 is 4. The number of carbonyl (C=O) groups excluding carboxylic acids is 7. The molecule has 0 unspecified atom stereocenters. The minimum atomic E-state index is -5.65. The van der Waals surface area contributed by atoms with Crippen LogP contribution in [-0.2, 0) is 114 Å². The minimum Gasteiger partial charge on any atom is -0.382 e. The summed E-state index contributed by atoms with van der Waals surface area (Å²) in [5.41, 5.74) is -3.80. The summed E-state index contributed by atoms with van der Waals surface area (Å²) in [6.07, 6.45) is -25.0. The van der Waals surface area contributed by atoms with Crippen molar-refractivity contribution >= 4 is 41.4 Å². The number of alkyl halides is 9. The van der Waals surface area contributed by atoms with Gasteiger partial charge >= 0.3 is 18.5 Å². The second kappa shape index (κ2) is 59.6. The Morgan fingerprint density at radius 2 is 0.459 bits per heavy atom. The van der Waals surface area contributed by atoms with Crippen molar-refractivity contribution in [3.05, 3.63) is 0 Å². The van der Waals surface area contributed by atoms with E-state index in [1.54, 1.807) is 0 Å². The minimum absolute atomic E-state index is 0.0746. The second-order valence-electron chi connectivity index (χ2n) is 20.8. The first kappa shape index (κ1) is 93.0. The Morgan fingerprint density at radius 3 is 0.663 bits per heavy atom. The van der Waals surface area contributed by atoms with E-state index in [9.17, 15) is 73.1 Å². The molecule has 0 aliphatic rings. The number of halogens is 9. The Hall–Kier alpha value is -5.02. The maximum atomic E-state index is 14.4. The molecule has 0 rings (SSSR count). The Kier molecular flexibility index (Phi) is 56.6. The van der Waals surface area contributed by atoms with Gasteiger partial charge in [-0.3, -0.25) is 33.6 Å². The lowest BCUT2D eigenvalue weighted by Crippen LogP contribution is -2.54. The third-order valence-electron chi connectivity index (χ3n) is 12.4. The van der Waals surface area contributed by atoms with E-state index in [2.05, 4.69) is 21.3 Å². The third kappa shape index (κ3) is 58.7. The van der Waals surface area contributed by atoms with Gasteiger partial charge in [-0.05, 0) is 0 Å². The molecule has 0 aromatic heterocycles. The van der Waals surface area contributed by atoms with Gasteiger partial charge < -0.3 is 116 Å². The predicted octanol–water partition coefficient (Wildman–Crippen LogP) is -0.418. The van der Waals surface area contributed by atoms with E-state index in [0.717, 1.165) is 0 Å². The van der Waals surface area contributed by atoms with Crippen molar-refractivity contribution < 1.29 is 154 Å². The van der Waals surface area contributed by atoms with Crippen LogP contribution in [0.5, 0.6) is 0 Å². The van der Waals surface area contributed by atoms with Crippen molar-refractivity contribution in [3.8, 4) is 0 Å². The van der Waals surface area contributed by atoms with Gasteiger partial charge in [-0.1, -0.05) is 0 Å². The first-order valence-corrected chi connectivity index (χ1v) is 31.4. The highest BCUT2D eigenvalue weighted by atomic mass is 19.4. The van der Waals surface area contributed by atoms with Gasteiger partial charge in [0.25, 0.3) is 0 Å². The average molecular weight is 1450 g/mol. The van der Waals surface area contributed by atoms with Crippen LogP contribution in [0.2, 0.25) is 0 Å². The standard InChI is InChI=1S/C58H102F9N7O24/c1-82-13-17-90-29-33-94-25-21-86-9-5-68-48(75)37-72(38-49(76)69-6-10-87-22-26-95-34-30-91-18-14-83-2)52(79)41-74(54(81)43-98-47-55(44-56(59,60)61,45-57(62,63)64)46-58(65,66)67)42-53(80)73(39-50(77)70-7-11-88-23-27-96-35-31-92-19-15-84-3)40-51(78)71-8-12-89-24-28-97-36-32-93-20-16-85-4/h5-47H2,1-4H3,(H,68,75)(H,69,76)(H,70,77)(H,71,78). The van der Waals surface area contributed by atoms with Gasteiger partial charge in [0.1, 0.15) is 45.9 Å². The molecule has 576 valence electrons. The highest BCUT2D eigenvalue weighted by Crippen LogP contribution is 2.48. The van der Waals surface area contributed by atoms with Crippen molar-refractivity contribution in [2.75, 3.05) is 292 Å². The number of amides is 7. The zero-order chi connectivity index (χ0) is 73.0. The first-order chi connectivity index (χ1) is 46.8. The maximum absolute atomic E-state index is 14.4. The number of nitrogens with one attached hydrogen (secondary N) is 4. The quantitative estimate of drug-likeness (QED) is 0.0444. The summed E-state index contributed by atoms with van der Waals surface area (Å²) in [5.74, 6) is -8.02. The van der Waals surface area contributed by atoms with Crippen LogP contribution in [0, 0.1) is 5.41 Å². The van der Waals surface area contributed by atoms with Gasteiger partial charge in [-0.2, -0.15) is 39.5 Å². The SMILES string of the molecule is COCCOCCOCCOCCNC(=O)CN(CC(=O)NCCOCCOCCOCCOC)C(=O)CN(CC(=O)N(CC(=O)NCCOCCOCCOCCOC)CC(=O)NCCOCCOCCOCCOC)C(=O)COCC(CC(F)(F)F)(CC(F)(F)F)CC(F)(F)F. The molecule has 7 amide bonds. The van der Waals surface area contributed by atoms with Crippen LogP contribution < -0.4 is 21.3 Å². The topological polar surface area (TPSA) is 334 Å². The highest BCUT2D eigenvalue weighted by molar-refractivity contribution is 5.95. The molecule has 0 aliphatic heterocycles. The maximum Gasteiger partial charge on any atom is 0.389 e. The zero-order valence-electron chi connectivity index (χ0n) is 56.4. The van der Waals surface area contributed by atoms with E-state index in [1.165, 1.54) is 28.4 Å². The molecule has 0 aliphatic carbocycles. The molecule has 0 atom stereocenters. The molecule has 0 radical (unpaired) electrons. The Bertz CT molecular complexity index is 1840. The molecule has 0 heterocycles. The molecular formula is C58H102F9N7O24. The molecule has 0 saturated heterocycles. The fraction of sp³-hybridized carbons (Fsp3) is 0.879. The van der Waals surface area contributed by atoms with E-state index in [4.69, 9.17) is 80.5 Å². The number of nitrogens with zero attached hydrogens (tertiary/aromatic N) is 3. The first-order valence-electron chi connectivity index (χ1n) is 31.4. The van der Waals surface area contributed by atoms with Gasteiger partial charge in [0.15, 0.2) is 0 Å². The van der Waals surface area contributed by atoms with E-state index >= 15 is 0 Å². The average Bonchev–Trinajstić information content (AvgIpc) is 0.809. The lowest BCUT2D eigenvalue weighted by Gasteiger charge is -2.36. The van der Waals surface area contributed by atoms with Crippen molar-refractivity contribution in [1.82, 2.24) is 36.0 Å². The Labute approximate surface area is 565 Å². The van der Waals surface area contributed by atoms with Gasteiger partial charge in [-0.15, -0.1) is 0 Å². The van der Waals surface area contributed by atoms with Crippen LogP contribution in [-0.4, -0.2) is 367 Å². The molecule has 98 heavy (non-hydrogen) atoms. The van der Waals surface area contributed by atoms with E-state index in [0.29, 0.717) is 62.7 Å². The molecule has 0 aromatic carbocycles. The number of hydrogen-bond donors (Lipinski definition) is 4. The molecule has 0 saturated carbocycles. The largest absolute Gasteiger partial charge is 0.389 e. The molecular weight excluding hydrogens is 1350 g/mol. The van der Waals surface area contributed by atoms with E-state index < -0.39 is 137 Å². The second-order valence-corrected chi connectivity index (χ2v) is 20.8. The summed E-state index contributed by atoms with van der Waals surface area (Å²) in [6, 6.07) is 0. The summed E-state index contributed by atoms with van der Waals surface area (Å²) < 4.78 is 214. The van der Waals surface area contributed by atoms with Gasteiger partial charge in [0.2, 0.25) is 41.4 Å². The molecule has 0 aromatic rings. The molecule has 40 heteroatoms. The van der Waals surface area contributed by atoms with Crippen molar-refractivity contribution in [1.29, 1.82) is 0 Å². The molecule has 0 bridgehead atoms.